The van der Waals surface area contributed by atoms with Gasteiger partial charge in [-0.3, -0.25) is 0 Å². The first kappa shape index (κ1) is 9.63. The van der Waals surface area contributed by atoms with Gasteiger partial charge >= 0.3 is 0 Å². The molecule has 0 spiro atoms. The van der Waals surface area contributed by atoms with Crippen molar-refractivity contribution in [3.63, 3.8) is 0 Å². The lowest BCUT2D eigenvalue weighted by Crippen LogP contribution is -1.85. The van der Waals surface area contributed by atoms with E-state index in [1.165, 1.54) is 17.4 Å². The van der Waals surface area contributed by atoms with Crippen LogP contribution in [0.15, 0.2) is 17.5 Å². The number of fused-ring (bicyclic) bond motifs is 1. The van der Waals surface area contributed by atoms with Crippen LogP contribution in [0, 0.1) is 17.1 Å². The highest BCUT2D eigenvalue weighted by atomic mass is 79.9. The number of nitrogens with zero attached hydrogens (tertiary/aromatic N) is 1. The van der Waals surface area contributed by atoms with Crippen molar-refractivity contribution < 1.29 is 4.39 Å². The lowest BCUT2D eigenvalue weighted by Gasteiger charge is -1.99. The maximum atomic E-state index is 13.3. The molecule has 0 saturated heterocycles. The number of thiophene rings is 1. The van der Waals surface area contributed by atoms with Gasteiger partial charge in [0.2, 0.25) is 0 Å². The standard InChI is InChI=1S/C10H5BrFNS/c11-3-8-9(12)2-1-7-6(4-13)5-14-10(7)8/h1-2,5H,3H2. The number of alkyl halides is 1. The highest BCUT2D eigenvalue weighted by molar-refractivity contribution is 9.08. The zero-order chi connectivity index (χ0) is 10.1. The van der Waals surface area contributed by atoms with E-state index in [9.17, 15) is 4.39 Å². The maximum absolute atomic E-state index is 13.3. The van der Waals surface area contributed by atoms with Gasteiger partial charge in [0.05, 0.1) is 5.56 Å². The smallest absolute Gasteiger partial charge is 0.128 e. The van der Waals surface area contributed by atoms with Crippen LogP contribution in [-0.2, 0) is 5.33 Å². The van der Waals surface area contributed by atoms with Gasteiger partial charge in [0.25, 0.3) is 0 Å². The predicted molar refractivity (Wildman–Crippen MR) is 59.1 cm³/mol. The second-order valence-electron chi connectivity index (χ2n) is 2.80. The van der Waals surface area contributed by atoms with E-state index in [2.05, 4.69) is 22.0 Å². The molecule has 0 aliphatic rings. The van der Waals surface area contributed by atoms with Crippen molar-refractivity contribution in [2.24, 2.45) is 0 Å². The topological polar surface area (TPSA) is 23.8 Å². The van der Waals surface area contributed by atoms with E-state index in [4.69, 9.17) is 5.26 Å². The number of hydrogen-bond donors (Lipinski definition) is 0. The lowest BCUT2D eigenvalue weighted by molar-refractivity contribution is 0.620. The lowest BCUT2D eigenvalue weighted by atomic mass is 10.1. The third-order valence-electron chi connectivity index (χ3n) is 2.04. The van der Waals surface area contributed by atoms with E-state index >= 15 is 0 Å². The van der Waals surface area contributed by atoms with Crippen LogP contribution >= 0.6 is 27.3 Å². The third kappa shape index (κ3) is 1.33. The Labute approximate surface area is 92.9 Å². The first-order valence-electron chi connectivity index (χ1n) is 3.92. The van der Waals surface area contributed by atoms with Crippen LogP contribution in [0.2, 0.25) is 0 Å². The predicted octanol–water partition coefficient (Wildman–Crippen LogP) is 3.81. The average Bonchev–Trinajstić information content (AvgIpc) is 2.60. The van der Waals surface area contributed by atoms with Crippen molar-refractivity contribution >= 4 is 37.4 Å². The minimum absolute atomic E-state index is 0.222. The molecular formula is C10H5BrFNS. The maximum Gasteiger partial charge on any atom is 0.128 e. The summed E-state index contributed by atoms with van der Waals surface area (Å²) in [4.78, 5) is 0. The number of benzene rings is 1. The van der Waals surface area contributed by atoms with Crippen LogP contribution in [0.4, 0.5) is 4.39 Å². The Kier molecular flexibility index (Phi) is 2.53. The van der Waals surface area contributed by atoms with Gasteiger partial charge in [-0.1, -0.05) is 15.9 Å². The summed E-state index contributed by atoms with van der Waals surface area (Å²) in [5, 5.41) is 11.9. The van der Waals surface area contributed by atoms with Gasteiger partial charge in [0, 0.05) is 26.4 Å². The summed E-state index contributed by atoms with van der Waals surface area (Å²) in [6.45, 7) is 0. The number of hydrogen-bond acceptors (Lipinski definition) is 2. The Morgan fingerprint density at radius 2 is 2.29 bits per heavy atom. The molecule has 2 rings (SSSR count). The summed E-state index contributed by atoms with van der Waals surface area (Å²) in [5.74, 6) is -0.222. The van der Waals surface area contributed by atoms with Gasteiger partial charge in [-0.15, -0.1) is 11.3 Å². The molecule has 0 amide bonds. The summed E-state index contributed by atoms with van der Waals surface area (Å²) in [7, 11) is 0. The Morgan fingerprint density at radius 3 is 2.93 bits per heavy atom. The SMILES string of the molecule is N#Cc1csc2c(CBr)c(F)ccc12. The molecule has 0 aliphatic carbocycles. The van der Waals surface area contributed by atoms with Crippen LogP contribution in [0.5, 0.6) is 0 Å². The van der Waals surface area contributed by atoms with Crippen molar-refractivity contribution in [2.45, 2.75) is 5.33 Å². The Morgan fingerprint density at radius 1 is 1.50 bits per heavy atom. The minimum atomic E-state index is -0.222. The molecule has 1 nitrogen and oxygen atoms in total. The van der Waals surface area contributed by atoms with Crippen LogP contribution in [-0.4, -0.2) is 0 Å². The minimum Gasteiger partial charge on any atom is -0.207 e. The molecule has 1 heterocycles. The fraction of sp³-hybridized carbons (Fsp3) is 0.100. The van der Waals surface area contributed by atoms with Gasteiger partial charge in [-0.05, 0) is 12.1 Å². The van der Waals surface area contributed by atoms with Crippen molar-refractivity contribution in [1.29, 1.82) is 5.26 Å². The van der Waals surface area contributed by atoms with Crippen molar-refractivity contribution in [1.82, 2.24) is 0 Å². The second kappa shape index (κ2) is 3.68. The van der Waals surface area contributed by atoms with Gasteiger partial charge in [0.1, 0.15) is 11.9 Å². The first-order chi connectivity index (χ1) is 6.77. The average molecular weight is 270 g/mol. The zero-order valence-electron chi connectivity index (χ0n) is 7.05. The van der Waals surface area contributed by atoms with E-state index in [0.29, 0.717) is 16.5 Å². The molecule has 0 aliphatic heterocycles. The Balaban J connectivity index is 2.85. The molecule has 0 radical (unpaired) electrons. The molecule has 1 aromatic carbocycles. The van der Waals surface area contributed by atoms with E-state index in [0.717, 1.165) is 10.1 Å². The van der Waals surface area contributed by atoms with Crippen LogP contribution in [0.25, 0.3) is 10.1 Å². The molecule has 0 N–H and O–H groups in total. The number of halogens is 2. The number of rotatable bonds is 1. The van der Waals surface area contributed by atoms with Gasteiger partial charge in [-0.25, -0.2) is 4.39 Å². The highest BCUT2D eigenvalue weighted by Crippen LogP contribution is 2.31. The highest BCUT2D eigenvalue weighted by Gasteiger charge is 2.10. The molecule has 1 aromatic heterocycles. The fourth-order valence-electron chi connectivity index (χ4n) is 1.34. The van der Waals surface area contributed by atoms with Gasteiger partial charge < -0.3 is 0 Å². The fourth-order valence-corrected chi connectivity index (χ4v) is 3.11. The quantitative estimate of drug-likeness (QED) is 0.723. The molecular weight excluding hydrogens is 265 g/mol. The normalized spacial score (nSPS) is 10.4. The summed E-state index contributed by atoms with van der Waals surface area (Å²) < 4.78 is 14.2. The summed E-state index contributed by atoms with van der Waals surface area (Å²) >= 11 is 4.66. The first-order valence-corrected chi connectivity index (χ1v) is 5.92. The second-order valence-corrected chi connectivity index (χ2v) is 4.24. The molecule has 0 saturated carbocycles. The molecule has 0 atom stereocenters. The van der Waals surface area contributed by atoms with Crippen molar-refractivity contribution in [3.05, 3.63) is 34.5 Å². The van der Waals surface area contributed by atoms with E-state index < -0.39 is 0 Å². The van der Waals surface area contributed by atoms with Crippen LogP contribution in [0.3, 0.4) is 0 Å². The molecule has 2 aromatic rings. The summed E-state index contributed by atoms with van der Waals surface area (Å²) in [5.41, 5.74) is 1.25. The largest absolute Gasteiger partial charge is 0.207 e. The third-order valence-corrected chi connectivity index (χ3v) is 3.66. The van der Waals surface area contributed by atoms with Crippen molar-refractivity contribution in [3.8, 4) is 6.07 Å². The molecule has 0 fully saturated rings. The van der Waals surface area contributed by atoms with Crippen LogP contribution in [0.1, 0.15) is 11.1 Å². The van der Waals surface area contributed by atoms with Crippen LogP contribution < -0.4 is 0 Å². The molecule has 4 heteroatoms. The Hall–Kier alpha value is -0.920. The summed E-state index contributed by atoms with van der Waals surface area (Å²) in [6.07, 6.45) is 0. The molecule has 0 unspecified atom stereocenters. The monoisotopic (exact) mass is 269 g/mol. The van der Waals surface area contributed by atoms with E-state index in [-0.39, 0.29) is 5.82 Å². The Bertz CT molecular complexity index is 527. The molecule has 0 bridgehead atoms. The summed E-state index contributed by atoms with van der Waals surface area (Å²) in [6, 6.07) is 5.16. The van der Waals surface area contributed by atoms with Crippen molar-refractivity contribution in [2.75, 3.05) is 0 Å². The molecule has 70 valence electrons. The van der Waals surface area contributed by atoms with E-state index in [1.807, 2.05) is 0 Å². The zero-order valence-corrected chi connectivity index (χ0v) is 9.45. The van der Waals surface area contributed by atoms with Gasteiger partial charge in [-0.2, -0.15) is 5.26 Å². The molecule has 14 heavy (non-hydrogen) atoms. The van der Waals surface area contributed by atoms with Gasteiger partial charge in [0.15, 0.2) is 0 Å². The number of nitriles is 1. The van der Waals surface area contributed by atoms with E-state index in [1.54, 1.807) is 11.4 Å².